The molecule has 21 heavy (non-hydrogen) atoms. The molecule has 5 heteroatoms. The number of anilines is 2. The van der Waals surface area contributed by atoms with Crippen molar-refractivity contribution >= 4 is 17.3 Å². The molecular weight excluding hydrogens is 266 g/mol. The maximum absolute atomic E-state index is 12.1. The third-order valence-electron chi connectivity index (χ3n) is 3.31. The summed E-state index contributed by atoms with van der Waals surface area (Å²) in [5.74, 6) is -0.0226. The number of amides is 1. The molecule has 0 aliphatic carbocycles. The van der Waals surface area contributed by atoms with Gasteiger partial charge in [0.1, 0.15) is 0 Å². The molecule has 0 spiro atoms. The topological polar surface area (TPSA) is 53.6 Å². The maximum Gasteiger partial charge on any atom is 0.238 e. The Bertz CT molecular complexity index is 477. The van der Waals surface area contributed by atoms with E-state index < -0.39 is 0 Å². The molecule has 0 saturated carbocycles. The number of nitrogens with zero attached hydrogens (tertiary/aromatic N) is 1. The fourth-order valence-electron chi connectivity index (χ4n) is 2.20. The normalized spacial score (nSPS) is 15.9. The van der Waals surface area contributed by atoms with Crippen LogP contribution >= 0.6 is 0 Å². The summed E-state index contributed by atoms with van der Waals surface area (Å²) in [6.07, 6.45) is 0. The van der Waals surface area contributed by atoms with Crippen LogP contribution < -0.4 is 15.5 Å². The van der Waals surface area contributed by atoms with Gasteiger partial charge in [-0.3, -0.25) is 4.79 Å². The van der Waals surface area contributed by atoms with Crippen LogP contribution in [0.25, 0.3) is 0 Å². The molecule has 0 aromatic heterocycles. The van der Waals surface area contributed by atoms with E-state index in [1.807, 2.05) is 45.0 Å². The van der Waals surface area contributed by atoms with E-state index in [1.165, 1.54) is 0 Å². The highest BCUT2D eigenvalue weighted by atomic mass is 16.5. The third kappa shape index (κ3) is 5.02. The first kappa shape index (κ1) is 15.8. The van der Waals surface area contributed by atoms with Crippen LogP contribution in [0.15, 0.2) is 24.3 Å². The lowest BCUT2D eigenvalue weighted by atomic mass is 10.1. The average molecular weight is 291 g/mol. The molecular formula is C16H25N3O2. The molecule has 0 atom stereocenters. The molecule has 2 rings (SSSR count). The van der Waals surface area contributed by atoms with Crippen LogP contribution in [0.4, 0.5) is 11.4 Å². The average Bonchev–Trinajstić information content (AvgIpc) is 2.46. The highest BCUT2D eigenvalue weighted by Crippen LogP contribution is 2.26. The maximum atomic E-state index is 12.1. The summed E-state index contributed by atoms with van der Waals surface area (Å²) < 4.78 is 5.38. The Morgan fingerprint density at radius 1 is 1.24 bits per heavy atom. The molecule has 1 fully saturated rings. The highest BCUT2D eigenvalue weighted by Gasteiger charge is 2.16. The molecule has 0 bridgehead atoms. The van der Waals surface area contributed by atoms with Crippen LogP contribution in [-0.2, 0) is 9.53 Å². The van der Waals surface area contributed by atoms with Crippen molar-refractivity contribution in [2.24, 2.45) is 0 Å². The van der Waals surface area contributed by atoms with Crippen LogP contribution in [0, 0.1) is 0 Å². The monoisotopic (exact) mass is 291 g/mol. The molecule has 1 aromatic carbocycles. The zero-order valence-corrected chi connectivity index (χ0v) is 13.1. The Morgan fingerprint density at radius 2 is 1.90 bits per heavy atom. The van der Waals surface area contributed by atoms with Gasteiger partial charge in [0.05, 0.1) is 31.1 Å². The van der Waals surface area contributed by atoms with E-state index in [0.29, 0.717) is 6.54 Å². The third-order valence-corrected chi connectivity index (χ3v) is 3.31. The summed E-state index contributed by atoms with van der Waals surface area (Å²) in [5, 5.41) is 6.19. The summed E-state index contributed by atoms with van der Waals surface area (Å²) in [7, 11) is 0. The Labute approximate surface area is 126 Å². The lowest BCUT2D eigenvalue weighted by Gasteiger charge is -2.30. The van der Waals surface area contributed by atoms with Crippen molar-refractivity contribution < 1.29 is 9.53 Å². The molecule has 1 aromatic rings. The van der Waals surface area contributed by atoms with E-state index in [4.69, 9.17) is 4.74 Å². The van der Waals surface area contributed by atoms with Crippen LogP contribution in [0.5, 0.6) is 0 Å². The minimum atomic E-state index is -0.0684. The van der Waals surface area contributed by atoms with Gasteiger partial charge in [0, 0.05) is 18.6 Å². The minimum Gasteiger partial charge on any atom is -0.378 e. The molecule has 1 saturated heterocycles. The van der Waals surface area contributed by atoms with Gasteiger partial charge < -0.3 is 20.3 Å². The second-order valence-corrected chi connectivity index (χ2v) is 6.27. The zero-order valence-electron chi connectivity index (χ0n) is 13.1. The number of rotatable bonds is 4. The number of hydrogen-bond acceptors (Lipinski definition) is 4. The number of carbonyl (C=O) groups excluding carboxylic acids is 1. The number of carbonyl (C=O) groups is 1. The van der Waals surface area contributed by atoms with Gasteiger partial charge in [-0.05, 0) is 32.9 Å². The summed E-state index contributed by atoms with van der Waals surface area (Å²) >= 11 is 0. The van der Waals surface area contributed by atoms with Crippen LogP contribution in [0.1, 0.15) is 20.8 Å². The molecule has 1 heterocycles. The lowest BCUT2D eigenvalue weighted by Crippen LogP contribution is -2.41. The molecule has 5 nitrogen and oxygen atoms in total. The Balaban J connectivity index is 2.01. The summed E-state index contributed by atoms with van der Waals surface area (Å²) in [6.45, 7) is 9.61. The number of morpholine rings is 1. The minimum absolute atomic E-state index is 0.0226. The quantitative estimate of drug-likeness (QED) is 0.889. The van der Waals surface area contributed by atoms with Crippen molar-refractivity contribution in [2.45, 2.75) is 26.3 Å². The van der Waals surface area contributed by atoms with Crippen LogP contribution in [0.3, 0.4) is 0 Å². The summed E-state index contributed by atoms with van der Waals surface area (Å²) in [6, 6.07) is 7.92. The first-order chi connectivity index (χ1) is 9.96. The van der Waals surface area contributed by atoms with Gasteiger partial charge in [-0.15, -0.1) is 0 Å². The SMILES string of the molecule is CC(C)(C)NCC(=O)Nc1ccccc1N1CCOCC1. The number of ether oxygens (including phenoxy) is 1. The predicted octanol–water partition coefficient (Wildman–Crippen LogP) is 1.85. The first-order valence-corrected chi connectivity index (χ1v) is 7.42. The standard InChI is InChI=1S/C16H25N3O2/c1-16(2,3)17-12-15(20)18-13-6-4-5-7-14(13)19-8-10-21-11-9-19/h4-7,17H,8-12H2,1-3H3,(H,18,20). The Kier molecular flexibility index (Phi) is 5.20. The lowest BCUT2D eigenvalue weighted by molar-refractivity contribution is -0.115. The van der Waals surface area contributed by atoms with Gasteiger partial charge in [0.2, 0.25) is 5.91 Å². The van der Waals surface area contributed by atoms with Gasteiger partial charge >= 0.3 is 0 Å². The van der Waals surface area contributed by atoms with Gasteiger partial charge in [-0.2, -0.15) is 0 Å². The number of hydrogen-bond donors (Lipinski definition) is 2. The van der Waals surface area contributed by atoms with Crippen LogP contribution in [-0.4, -0.2) is 44.3 Å². The number of benzene rings is 1. The molecule has 1 aliphatic heterocycles. The second kappa shape index (κ2) is 6.91. The van der Waals surface area contributed by atoms with E-state index in [1.54, 1.807) is 0 Å². The van der Waals surface area contributed by atoms with Crippen molar-refractivity contribution in [1.29, 1.82) is 0 Å². The number of nitrogens with one attached hydrogen (secondary N) is 2. The Morgan fingerprint density at radius 3 is 2.57 bits per heavy atom. The molecule has 0 unspecified atom stereocenters. The fraction of sp³-hybridized carbons (Fsp3) is 0.562. The summed E-state index contributed by atoms with van der Waals surface area (Å²) in [4.78, 5) is 14.3. The molecule has 2 N–H and O–H groups in total. The molecule has 116 valence electrons. The summed E-state index contributed by atoms with van der Waals surface area (Å²) in [5.41, 5.74) is 1.85. The zero-order chi connectivity index (χ0) is 15.3. The number of para-hydroxylation sites is 2. The predicted molar refractivity (Wildman–Crippen MR) is 85.9 cm³/mol. The van der Waals surface area contributed by atoms with E-state index in [0.717, 1.165) is 37.7 Å². The van der Waals surface area contributed by atoms with E-state index in [-0.39, 0.29) is 11.4 Å². The van der Waals surface area contributed by atoms with Crippen molar-refractivity contribution in [1.82, 2.24) is 5.32 Å². The van der Waals surface area contributed by atoms with Crippen molar-refractivity contribution in [3.63, 3.8) is 0 Å². The van der Waals surface area contributed by atoms with Gasteiger partial charge in [0.25, 0.3) is 0 Å². The first-order valence-electron chi connectivity index (χ1n) is 7.42. The van der Waals surface area contributed by atoms with Gasteiger partial charge in [-0.1, -0.05) is 12.1 Å². The fourth-order valence-corrected chi connectivity index (χ4v) is 2.20. The molecule has 0 radical (unpaired) electrons. The van der Waals surface area contributed by atoms with E-state index in [9.17, 15) is 4.79 Å². The van der Waals surface area contributed by atoms with E-state index >= 15 is 0 Å². The largest absolute Gasteiger partial charge is 0.378 e. The van der Waals surface area contributed by atoms with E-state index in [2.05, 4.69) is 15.5 Å². The molecule has 1 amide bonds. The van der Waals surface area contributed by atoms with Crippen molar-refractivity contribution in [2.75, 3.05) is 43.1 Å². The van der Waals surface area contributed by atoms with Crippen molar-refractivity contribution in [3.05, 3.63) is 24.3 Å². The smallest absolute Gasteiger partial charge is 0.238 e. The Hall–Kier alpha value is -1.59. The van der Waals surface area contributed by atoms with Crippen LogP contribution in [0.2, 0.25) is 0 Å². The molecule has 1 aliphatic rings. The highest BCUT2D eigenvalue weighted by molar-refractivity contribution is 5.95. The van der Waals surface area contributed by atoms with Gasteiger partial charge in [0.15, 0.2) is 0 Å². The van der Waals surface area contributed by atoms with Gasteiger partial charge in [-0.25, -0.2) is 0 Å². The second-order valence-electron chi connectivity index (χ2n) is 6.27. The van der Waals surface area contributed by atoms with Crippen molar-refractivity contribution in [3.8, 4) is 0 Å².